The molecule has 0 aliphatic rings. The molecular formula is C14H7ClF3N3. The molecule has 0 atom stereocenters. The first kappa shape index (κ1) is 13.8. The minimum absolute atomic E-state index is 0.124. The Labute approximate surface area is 122 Å². The van der Waals surface area contributed by atoms with E-state index < -0.39 is 17.2 Å². The summed E-state index contributed by atoms with van der Waals surface area (Å²) in [6.07, 6.45) is -1.38. The van der Waals surface area contributed by atoms with Gasteiger partial charge in [0.1, 0.15) is 5.69 Å². The second kappa shape index (κ2) is 4.96. The Bertz CT molecular complexity index is 813. The van der Waals surface area contributed by atoms with E-state index >= 15 is 0 Å². The summed E-state index contributed by atoms with van der Waals surface area (Å²) in [4.78, 5) is 11.1. The minimum atomic E-state index is -4.58. The standard InChI is InChI=1S/C14H7ClF3N3/c15-13-20-11(6-12(21-13)14(16,17)18)10-3-1-2-8-7-19-5-4-9(8)10/h1-7H. The Kier molecular flexibility index (Phi) is 3.25. The van der Waals surface area contributed by atoms with Gasteiger partial charge in [0, 0.05) is 23.3 Å². The molecule has 0 amide bonds. The van der Waals surface area contributed by atoms with Gasteiger partial charge in [-0.1, -0.05) is 18.2 Å². The van der Waals surface area contributed by atoms with Crippen LogP contribution in [0, 0.1) is 0 Å². The largest absolute Gasteiger partial charge is 0.433 e. The van der Waals surface area contributed by atoms with Crippen LogP contribution in [0.15, 0.2) is 42.7 Å². The fraction of sp³-hybridized carbons (Fsp3) is 0.0714. The van der Waals surface area contributed by atoms with Gasteiger partial charge in [-0.2, -0.15) is 13.2 Å². The molecule has 0 unspecified atom stereocenters. The molecule has 0 N–H and O–H groups in total. The average Bonchev–Trinajstić information content (AvgIpc) is 2.45. The van der Waals surface area contributed by atoms with Gasteiger partial charge in [0.05, 0.1) is 5.69 Å². The first-order chi connectivity index (χ1) is 9.95. The molecule has 0 saturated heterocycles. The van der Waals surface area contributed by atoms with Crippen LogP contribution >= 0.6 is 11.6 Å². The highest BCUT2D eigenvalue weighted by Gasteiger charge is 2.33. The van der Waals surface area contributed by atoms with E-state index in [1.807, 2.05) is 6.07 Å². The number of aromatic nitrogens is 3. The van der Waals surface area contributed by atoms with E-state index in [-0.39, 0.29) is 5.69 Å². The van der Waals surface area contributed by atoms with E-state index in [2.05, 4.69) is 15.0 Å². The molecule has 21 heavy (non-hydrogen) atoms. The third-order valence-electron chi connectivity index (χ3n) is 2.95. The van der Waals surface area contributed by atoms with Gasteiger partial charge in [-0.3, -0.25) is 4.98 Å². The van der Waals surface area contributed by atoms with E-state index in [9.17, 15) is 13.2 Å². The molecular weight excluding hydrogens is 303 g/mol. The number of rotatable bonds is 1. The van der Waals surface area contributed by atoms with E-state index in [0.717, 1.165) is 16.8 Å². The Morgan fingerprint density at radius 3 is 2.62 bits per heavy atom. The number of halogens is 4. The highest BCUT2D eigenvalue weighted by Crippen LogP contribution is 2.33. The Balaban J connectivity index is 2.26. The van der Waals surface area contributed by atoms with Crippen molar-refractivity contribution in [2.24, 2.45) is 0 Å². The lowest BCUT2D eigenvalue weighted by Gasteiger charge is -2.10. The Hall–Kier alpha value is -2.21. The number of benzene rings is 1. The maximum absolute atomic E-state index is 12.8. The molecule has 0 aliphatic carbocycles. The third-order valence-corrected chi connectivity index (χ3v) is 3.12. The summed E-state index contributed by atoms with van der Waals surface area (Å²) in [5.41, 5.74) is -0.396. The van der Waals surface area contributed by atoms with Crippen LogP contribution in [0.4, 0.5) is 13.2 Å². The predicted octanol–water partition coefficient (Wildman–Crippen LogP) is 4.36. The van der Waals surface area contributed by atoms with Crippen molar-refractivity contribution in [3.63, 3.8) is 0 Å². The van der Waals surface area contributed by atoms with Crippen LogP contribution in [0.25, 0.3) is 22.0 Å². The van der Waals surface area contributed by atoms with Crippen molar-refractivity contribution in [3.8, 4) is 11.3 Å². The normalized spacial score (nSPS) is 11.8. The summed E-state index contributed by atoms with van der Waals surface area (Å²) in [7, 11) is 0. The van der Waals surface area contributed by atoms with E-state index in [1.165, 1.54) is 0 Å². The Morgan fingerprint density at radius 1 is 1.05 bits per heavy atom. The van der Waals surface area contributed by atoms with Gasteiger partial charge in [0.25, 0.3) is 0 Å². The zero-order valence-corrected chi connectivity index (χ0v) is 11.2. The molecule has 0 radical (unpaired) electrons. The molecule has 0 aliphatic heterocycles. The number of pyridine rings is 1. The van der Waals surface area contributed by atoms with Crippen molar-refractivity contribution < 1.29 is 13.2 Å². The number of alkyl halides is 3. The van der Waals surface area contributed by atoms with Crippen molar-refractivity contribution in [2.45, 2.75) is 6.18 Å². The van der Waals surface area contributed by atoms with Gasteiger partial charge in [-0.25, -0.2) is 9.97 Å². The summed E-state index contributed by atoms with van der Waals surface area (Å²) in [6.45, 7) is 0. The van der Waals surface area contributed by atoms with Crippen LogP contribution in [0.3, 0.4) is 0 Å². The van der Waals surface area contributed by atoms with Gasteiger partial charge in [0.15, 0.2) is 0 Å². The fourth-order valence-corrected chi connectivity index (χ4v) is 2.23. The molecule has 106 valence electrons. The zero-order valence-electron chi connectivity index (χ0n) is 10.4. The van der Waals surface area contributed by atoms with Crippen LogP contribution < -0.4 is 0 Å². The second-order valence-electron chi connectivity index (χ2n) is 4.31. The minimum Gasteiger partial charge on any atom is -0.264 e. The molecule has 0 bridgehead atoms. The molecule has 2 heterocycles. The van der Waals surface area contributed by atoms with Gasteiger partial charge in [-0.05, 0) is 29.1 Å². The number of nitrogens with zero attached hydrogens (tertiary/aromatic N) is 3. The predicted molar refractivity (Wildman–Crippen MR) is 72.8 cm³/mol. The molecule has 1 aromatic carbocycles. The van der Waals surface area contributed by atoms with Crippen molar-refractivity contribution in [3.05, 3.63) is 53.7 Å². The lowest BCUT2D eigenvalue weighted by Crippen LogP contribution is -2.09. The summed E-state index contributed by atoms with van der Waals surface area (Å²) in [5, 5.41) is 1.11. The summed E-state index contributed by atoms with van der Waals surface area (Å²) < 4.78 is 38.5. The maximum atomic E-state index is 12.8. The summed E-state index contributed by atoms with van der Waals surface area (Å²) in [6, 6.07) is 7.83. The summed E-state index contributed by atoms with van der Waals surface area (Å²) in [5.74, 6) is 0. The lowest BCUT2D eigenvalue weighted by atomic mass is 10.0. The third kappa shape index (κ3) is 2.67. The van der Waals surface area contributed by atoms with Crippen molar-refractivity contribution in [2.75, 3.05) is 0 Å². The van der Waals surface area contributed by atoms with Gasteiger partial charge >= 0.3 is 6.18 Å². The second-order valence-corrected chi connectivity index (χ2v) is 4.65. The molecule has 0 saturated carbocycles. The molecule has 0 spiro atoms. The van der Waals surface area contributed by atoms with Gasteiger partial charge in [-0.15, -0.1) is 0 Å². The van der Waals surface area contributed by atoms with Crippen molar-refractivity contribution >= 4 is 22.4 Å². The molecule has 3 rings (SSSR count). The SMILES string of the molecule is FC(F)(F)c1cc(-c2cccc3cnccc23)nc(Cl)n1. The molecule has 7 heteroatoms. The number of hydrogen-bond donors (Lipinski definition) is 0. The number of hydrogen-bond acceptors (Lipinski definition) is 3. The highest BCUT2D eigenvalue weighted by molar-refractivity contribution is 6.28. The molecule has 3 nitrogen and oxygen atoms in total. The van der Waals surface area contributed by atoms with Crippen LogP contribution in [-0.2, 0) is 6.18 Å². The summed E-state index contributed by atoms with van der Waals surface area (Å²) >= 11 is 5.62. The van der Waals surface area contributed by atoms with E-state index in [0.29, 0.717) is 5.56 Å². The topological polar surface area (TPSA) is 38.7 Å². The van der Waals surface area contributed by atoms with Crippen LogP contribution in [0.2, 0.25) is 5.28 Å². The molecule has 3 aromatic rings. The first-order valence-electron chi connectivity index (χ1n) is 5.90. The van der Waals surface area contributed by atoms with Crippen LogP contribution in [0.5, 0.6) is 0 Å². The van der Waals surface area contributed by atoms with Gasteiger partial charge in [0.2, 0.25) is 5.28 Å². The van der Waals surface area contributed by atoms with Crippen molar-refractivity contribution in [1.82, 2.24) is 15.0 Å². The average molecular weight is 310 g/mol. The van der Waals surface area contributed by atoms with Crippen molar-refractivity contribution in [1.29, 1.82) is 0 Å². The lowest BCUT2D eigenvalue weighted by molar-refractivity contribution is -0.141. The van der Waals surface area contributed by atoms with Crippen LogP contribution in [-0.4, -0.2) is 15.0 Å². The van der Waals surface area contributed by atoms with Crippen LogP contribution in [0.1, 0.15) is 5.69 Å². The monoisotopic (exact) mass is 309 g/mol. The fourth-order valence-electron chi connectivity index (χ4n) is 2.05. The maximum Gasteiger partial charge on any atom is 0.433 e. The molecule has 2 aromatic heterocycles. The van der Waals surface area contributed by atoms with E-state index in [4.69, 9.17) is 11.6 Å². The quantitative estimate of drug-likeness (QED) is 0.627. The highest BCUT2D eigenvalue weighted by atomic mass is 35.5. The Morgan fingerprint density at radius 2 is 1.86 bits per heavy atom. The number of fused-ring (bicyclic) bond motifs is 1. The zero-order chi connectivity index (χ0) is 15.0. The first-order valence-corrected chi connectivity index (χ1v) is 6.28. The van der Waals surface area contributed by atoms with E-state index in [1.54, 1.807) is 30.6 Å². The molecule has 0 fully saturated rings. The smallest absolute Gasteiger partial charge is 0.264 e. The van der Waals surface area contributed by atoms with Gasteiger partial charge < -0.3 is 0 Å².